The summed E-state index contributed by atoms with van der Waals surface area (Å²) in [5, 5.41) is 110. The number of fused-ring (bicyclic) bond motifs is 1. The highest BCUT2D eigenvalue weighted by Crippen LogP contribution is 2.39. The Balaban J connectivity index is 1.44. The third-order valence-electron chi connectivity index (χ3n) is 7.34. The van der Waals surface area contributed by atoms with Crippen LogP contribution in [0, 0.1) is 0 Å². The fraction of sp³-hybridized carbons (Fsp3) is 0.444. The summed E-state index contributed by atoms with van der Waals surface area (Å²) in [4.78, 5) is 13.0. The molecule has 240 valence electrons. The first-order valence-electron chi connectivity index (χ1n) is 13.2. The number of phenols is 2. The maximum absolute atomic E-state index is 13.0. The van der Waals surface area contributed by atoms with Gasteiger partial charge in [-0.3, -0.25) is 4.79 Å². The van der Waals surface area contributed by atoms with E-state index in [1.807, 2.05) is 0 Å². The fourth-order valence-corrected chi connectivity index (χ4v) is 4.88. The summed E-state index contributed by atoms with van der Waals surface area (Å²) in [6, 6.07) is 5.42. The molecule has 5 rings (SSSR count). The van der Waals surface area contributed by atoms with Crippen LogP contribution in [-0.2, 0) is 9.47 Å². The minimum absolute atomic E-state index is 0.0695. The highest BCUT2D eigenvalue weighted by molar-refractivity contribution is 5.88. The van der Waals surface area contributed by atoms with Crippen molar-refractivity contribution in [1.29, 1.82) is 0 Å². The number of aliphatic hydroxyl groups is 8. The molecule has 0 amide bonds. The van der Waals surface area contributed by atoms with Gasteiger partial charge in [-0.2, -0.15) is 0 Å². The SMILES string of the molecule is O=c1c(O)c(-c2ccc(O[C@H]3O[C@H](CO)[C@H](O)[C@@H](O)[C@H]3O)c(O)c2)oc2cc(O[C@H]3O[C@H](CO)[C@H](O)[C@@H](O)[C@H]3O)cc(O)c12. The smallest absolute Gasteiger partial charge is 0.238 e. The molecule has 0 radical (unpaired) electrons. The van der Waals surface area contributed by atoms with Gasteiger partial charge in [-0.05, 0) is 18.2 Å². The van der Waals surface area contributed by atoms with Crippen LogP contribution >= 0.6 is 0 Å². The van der Waals surface area contributed by atoms with Gasteiger partial charge in [0.1, 0.15) is 71.3 Å². The Morgan fingerprint density at radius 2 is 1.25 bits per heavy atom. The second-order valence-electron chi connectivity index (χ2n) is 10.2. The predicted molar refractivity (Wildman–Crippen MR) is 142 cm³/mol. The maximum Gasteiger partial charge on any atom is 0.238 e. The zero-order valence-electron chi connectivity index (χ0n) is 22.4. The Morgan fingerprint density at radius 3 is 1.80 bits per heavy atom. The highest BCUT2D eigenvalue weighted by Gasteiger charge is 2.46. The number of rotatable bonds is 7. The molecule has 44 heavy (non-hydrogen) atoms. The summed E-state index contributed by atoms with van der Waals surface area (Å²) in [6.07, 6.45) is -16.1. The van der Waals surface area contributed by atoms with E-state index in [4.69, 9.17) is 23.4 Å². The lowest BCUT2D eigenvalue weighted by atomic mass is 9.99. The molecule has 11 N–H and O–H groups in total. The molecule has 3 aromatic rings. The van der Waals surface area contributed by atoms with E-state index in [-0.39, 0.29) is 22.6 Å². The molecule has 1 aromatic heterocycles. The summed E-state index contributed by atoms with van der Waals surface area (Å²) in [5.41, 5.74) is -1.47. The molecule has 0 bridgehead atoms. The van der Waals surface area contributed by atoms with Crippen molar-refractivity contribution in [2.75, 3.05) is 13.2 Å². The second-order valence-corrected chi connectivity index (χ2v) is 10.2. The molecule has 0 spiro atoms. The monoisotopic (exact) mass is 626 g/mol. The number of hydrogen-bond acceptors (Lipinski definition) is 17. The highest BCUT2D eigenvalue weighted by atomic mass is 16.7. The summed E-state index contributed by atoms with van der Waals surface area (Å²) >= 11 is 0. The molecule has 2 saturated heterocycles. The van der Waals surface area contributed by atoms with Crippen LogP contribution in [-0.4, -0.2) is 131 Å². The van der Waals surface area contributed by atoms with Crippen LogP contribution in [0.2, 0.25) is 0 Å². The number of aliphatic hydroxyl groups excluding tert-OH is 8. The number of aromatic hydroxyl groups is 3. The van der Waals surface area contributed by atoms with Crippen molar-refractivity contribution >= 4 is 11.0 Å². The third kappa shape index (κ3) is 5.61. The lowest BCUT2D eigenvalue weighted by Crippen LogP contribution is -2.60. The van der Waals surface area contributed by atoms with Crippen LogP contribution in [0.3, 0.4) is 0 Å². The molecular formula is C27H30O17. The molecule has 17 nitrogen and oxygen atoms in total. The molecule has 2 aromatic carbocycles. The Kier molecular flexibility index (Phi) is 8.87. The van der Waals surface area contributed by atoms with E-state index in [0.29, 0.717) is 0 Å². The van der Waals surface area contributed by atoms with Crippen molar-refractivity contribution in [2.24, 2.45) is 0 Å². The molecule has 10 atom stereocenters. The molecule has 0 saturated carbocycles. The van der Waals surface area contributed by atoms with E-state index >= 15 is 0 Å². The zero-order valence-corrected chi connectivity index (χ0v) is 22.4. The second kappa shape index (κ2) is 12.3. The van der Waals surface area contributed by atoms with Gasteiger partial charge in [0.2, 0.25) is 23.8 Å². The van der Waals surface area contributed by atoms with E-state index in [9.17, 15) is 61.0 Å². The maximum atomic E-state index is 13.0. The fourth-order valence-electron chi connectivity index (χ4n) is 4.88. The summed E-state index contributed by atoms with van der Waals surface area (Å²) in [6.45, 7) is -1.43. The van der Waals surface area contributed by atoms with Crippen molar-refractivity contribution in [3.8, 4) is 40.1 Å². The van der Waals surface area contributed by atoms with Gasteiger partial charge in [-0.25, -0.2) is 0 Å². The average molecular weight is 627 g/mol. The van der Waals surface area contributed by atoms with Gasteiger partial charge in [-0.15, -0.1) is 0 Å². The first-order valence-corrected chi connectivity index (χ1v) is 13.2. The van der Waals surface area contributed by atoms with Crippen LogP contribution in [0.25, 0.3) is 22.3 Å². The van der Waals surface area contributed by atoms with Gasteiger partial charge in [-0.1, -0.05) is 0 Å². The topological polar surface area (TPSA) is 290 Å². The molecule has 3 heterocycles. The molecule has 0 unspecified atom stereocenters. The Bertz CT molecular complexity index is 1550. The Morgan fingerprint density at radius 1 is 0.682 bits per heavy atom. The quantitative estimate of drug-likeness (QED) is 0.124. The summed E-state index contributed by atoms with van der Waals surface area (Å²) in [7, 11) is 0. The van der Waals surface area contributed by atoms with E-state index in [1.165, 1.54) is 6.07 Å². The van der Waals surface area contributed by atoms with E-state index < -0.39 is 108 Å². The normalized spacial score (nSPS) is 32.5. The predicted octanol–water partition coefficient (Wildman–Crippen LogP) is -3.07. The molecule has 2 aliphatic rings. The van der Waals surface area contributed by atoms with Gasteiger partial charge in [0.05, 0.1) is 13.2 Å². The van der Waals surface area contributed by atoms with Crippen molar-refractivity contribution in [2.45, 2.75) is 61.4 Å². The van der Waals surface area contributed by atoms with Crippen molar-refractivity contribution in [1.82, 2.24) is 0 Å². The van der Waals surface area contributed by atoms with E-state index in [0.717, 1.165) is 24.3 Å². The van der Waals surface area contributed by atoms with E-state index in [1.54, 1.807) is 0 Å². The molecule has 17 heteroatoms. The van der Waals surface area contributed by atoms with Crippen LogP contribution in [0.4, 0.5) is 0 Å². The summed E-state index contributed by atoms with van der Waals surface area (Å²) < 4.78 is 27.1. The van der Waals surface area contributed by atoms with E-state index in [2.05, 4.69) is 0 Å². The van der Waals surface area contributed by atoms with Crippen LogP contribution in [0.1, 0.15) is 0 Å². The number of hydrogen-bond donors (Lipinski definition) is 11. The van der Waals surface area contributed by atoms with Crippen LogP contribution in [0.15, 0.2) is 39.5 Å². The Labute approximate surface area is 246 Å². The van der Waals surface area contributed by atoms with Gasteiger partial charge in [0.15, 0.2) is 17.3 Å². The largest absolute Gasteiger partial charge is 0.507 e. The first-order chi connectivity index (χ1) is 20.9. The van der Waals surface area contributed by atoms with Crippen LogP contribution in [0.5, 0.6) is 28.7 Å². The molecule has 2 aliphatic heterocycles. The van der Waals surface area contributed by atoms with Crippen molar-refractivity contribution < 1.29 is 79.5 Å². The minimum atomic E-state index is -1.78. The number of benzene rings is 2. The molecule has 0 aliphatic carbocycles. The van der Waals surface area contributed by atoms with Gasteiger partial charge in [0.25, 0.3) is 0 Å². The number of phenolic OH excluding ortho intramolecular Hbond substituents is 2. The minimum Gasteiger partial charge on any atom is -0.507 e. The standard InChI is InChI=1S/C27H30O17/c28-6-14-17(32)20(35)23(38)26(43-14)40-9-4-11(31)16-13(5-9)41-25(22(37)19(16)34)8-1-2-12(10(30)3-8)42-27-24(39)21(36)18(33)15(7-29)44-27/h1-5,14-15,17-18,20-21,23-24,26-33,35-39H,6-7H2/t14-,15-,17+,18+,20-,21-,23-,24-,26+,27+/m1/s1. The molecule has 2 fully saturated rings. The lowest BCUT2D eigenvalue weighted by molar-refractivity contribution is -0.277. The number of ether oxygens (including phenoxy) is 4. The van der Waals surface area contributed by atoms with Crippen molar-refractivity contribution in [3.05, 3.63) is 40.6 Å². The van der Waals surface area contributed by atoms with Gasteiger partial charge >= 0.3 is 0 Å². The van der Waals surface area contributed by atoms with Crippen LogP contribution < -0.4 is 14.9 Å². The van der Waals surface area contributed by atoms with Gasteiger partial charge < -0.3 is 79.5 Å². The third-order valence-corrected chi connectivity index (χ3v) is 7.34. The first kappa shape index (κ1) is 31.7. The van der Waals surface area contributed by atoms with Crippen molar-refractivity contribution in [3.63, 3.8) is 0 Å². The lowest BCUT2D eigenvalue weighted by Gasteiger charge is -2.39. The zero-order chi connectivity index (χ0) is 32.0. The summed E-state index contributed by atoms with van der Waals surface area (Å²) in [5.74, 6) is -3.27. The Hall–Kier alpha value is -3.75. The van der Waals surface area contributed by atoms with Gasteiger partial charge in [0, 0.05) is 17.7 Å². The average Bonchev–Trinajstić information content (AvgIpc) is 3.00. The molecular weight excluding hydrogens is 596 g/mol.